The zero-order valence-corrected chi connectivity index (χ0v) is 18.4. The van der Waals surface area contributed by atoms with E-state index in [4.69, 9.17) is 9.47 Å². The van der Waals surface area contributed by atoms with Crippen LogP contribution in [0.5, 0.6) is 0 Å². The van der Waals surface area contributed by atoms with Gasteiger partial charge in [-0.05, 0) is 47.5 Å². The molecule has 3 atom stereocenters. The van der Waals surface area contributed by atoms with Gasteiger partial charge in [-0.25, -0.2) is 9.59 Å². The number of hydrogen-bond donors (Lipinski definition) is 3. The number of rotatable bonds is 8. The summed E-state index contributed by atoms with van der Waals surface area (Å²) in [4.78, 5) is 48.8. The van der Waals surface area contributed by atoms with E-state index in [-0.39, 0.29) is 5.92 Å². The van der Waals surface area contributed by atoms with Crippen molar-refractivity contribution >= 4 is 23.9 Å². The summed E-state index contributed by atoms with van der Waals surface area (Å²) < 4.78 is 9.85. The Kier molecular flexibility index (Phi) is 9.43. The molecule has 3 unspecified atom stereocenters. The molecule has 0 bridgehead atoms. The number of nitrogens with one attached hydrogen (secondary N) is 3. The van der Waals surface area contributed by atoms with Gasteiger partial charge < -0.3 is 25.4 Å². The molecule has 0 heterocycles. The molecule has 3 N–H and O–H groups in total. The summed E-state index contributed by atoms with van der Waals surface area (Å²) in [6.45, 7) is 13.3. The fourth-order valence-corrected chi connectivity index (χ4v) is 2.14. The van der Waals surface area contributed by atoms with Gasteiger partial charge in [0.15, 0.2) is 0 Å². The molecule has 0 saturated carbocycles. The SMILES string of the molecule is CCC(C)C(NC(=O)C(C)(C)NC(=O)C(C)NC(=O)OC(C)(C)C)C(=O)OC. The van der Waals surface area contributed by atoms with Crippen molar-refractivity contribution < 1.29 is 28.7 Å². The second-order valence-corrected chi connectivity index (χ2v) is 8.34. The van der Waals surface area contributed by atoms with Crippen molar-refractivity contribution in [2.24, 2.45) is 5.92 Å². The molecular formula is C19H35N3O6. The first-order chi connectivity index (χ1) is 12.6. The first-order valence-corrected chi connectivity index (χ1v) is 9.35. The van der Waals surface area contributed by atoms with Gasteiger partial charge in [0.2, 0.25) is 11.8 Å². The molecule has 28 heavy (non-hydrogen) atoms. The second-order valence-electron chi connectivity index (χ2n) is 8.34. The topological polar surface area (TPSA) is 123 Å². The predicted octanol–water partition coefficient (Wildman–Crippen LogP) is 1.50. The largest absolute Gasteiger partial charge is 0.467 e. The highest BCUT2D eigenvalue weighted by molar-refractivity contribution is 5.95. The lowest BCUT2D eigenvalue weighted by Crippen LogP contribution is -2.61. The van der Waals surface area contributed by atoms with Crippen LogP contribution < -0.4 is 16.0 Å². The number of amides is 3. The van der Waals surface area contributed by atoms with Crippen LogP contribution in [-0.2, 0) is 23.9 Å². The summed E-state index contributed by atoms with van der Waals surface area (Å²) in [5, 5.41) is 7.62. The van der Waals surface area contributed by atoms with Crippen LogP contribution in [0.2, 0.25) is 0 Å². The predicted molar refractivity (Wildman–Crippen MR) is 104 cm³/mol. The van der Waals surface area contributed by atoms with Crippen molar-refractivity contribution in [2.75, 3.05) is 7.11 Å². The van der Waals surface area contributed by atoms with Crippen molar-refractivity contribution in [3.05, 3.63) is 0 Å². The Morgan fingerprint density at radius 1 is 0.964 bits per heavy atom. The van der Waals surface area contributed by atoms with Gasteiger partial charge in [-0.2, -0.15) is 0 Å². The second kappa shape index (κ2) is 10.3. The number of hydrogen-bond acceptors (Lipinski definition) is 6. The molecule has 0 aromatic rings. The van der Waals surface area contributed by atoms with E-state index in [1.165, 1.54) is 27.9 Å². The Balaban J connectivity index is 4.99. The fourth-order valence-electron chi connectivity index (χ4n) is 2.14. The lowest BCUT2D eigenvalue weighted by Gasteiger charge is -2.30. The van der Waals surface area contributed by atoms with Crippen molar-refractivity contribution in [3.8, 4) is 0 Å². The van der Waals surface area contributed by atoms with Crippen LogP contribution in [0.25, 0.3) is 0 Å². The van der Waals surface area contributed by atoms with Gasteiger partial charge in [0.05, 0.1) is 7.11 Å². The zero-order valence-electron chi connectivity index (χ0n) is 18.4. The van der Waals surface area contributed by atoms with E-state index < -0.39 is 47.1 Å². The van der Waals surface area contributed by atoms with Crippen LogP contribution in [0.1, 0.15) is 61.8 Å². The molecule has 0 aliphatic carbocycles. The third-order valence-electron chi connectivity index (χ3n) is 4.08. The molecule has 3 amide bonds. The lowest BCUT2D eigenvalue weighted by molar-refractivity contribution is -0.147. The van der Waals surface area contributed by atoms with Gasteiger partial charge in [0, 0.05) is 0 Å². The first kappa shape index (κ1) is 25.7. The number of ether oxygens (including phenoxy) is 2. The van der Waals surface area contributed by atoms with E-state index >= 15 is 0 Å². The lowest BCUT2D eigenvalue weighted by atomic mass is 9.96. The summed E-state index contributed by atoms with van der Waals surface area (Å²) in [7, 11) is 1.25. The Morgan fingerprint density at radius 2 is 1.50 bits per heavy atom. The molecule has 0 saturated heterocycles. The minimum absolute atomic E-state index is 0.143. The summed E-state index contributed by atoms with van der Waals surface area (Å²) in [6, 6.07) is -1.75. The minimum atomic E-state index is -1.32. The molecule has 9 nitrogen and oxygen atoms in total. The summed E-state index contributed by atoms with van der Waals surface area (Å²) >= 11 is 0. The highest BCUT2D eigenvalue weighted by atomic mass is 16.6. The molecule has 0 aliphatic rings. The number of carbonyl (C=O) groups is 4. The molecule has 162 valence electrons. The number of carbonyl (C=O) groups excluding carboxylic acids is 4. The van der Waals surface area contributed by atoms with E-state index in [0.717, 1.165) is 0 Å². The third kappa shape index (κ3) is 8.58. The Hall–Kier alpha value is -2.32. The molecule has 0 aromatic carbocycles. The molecule has 0 radical (unpaired) electrons. The summed E-state index contributed by atoms with van der Waals surface area (Å²) in [5.41, 5.74) is -2.01. The van der Waals surface area contributed by atoms with Gasteiger partial charge in [0.25, 0.3) is 0 Å². The van der Waals surface area contributed by atoms with E-state index in [0.29, 0.717) is 6.42 Å². The van der Waals surface area contributed by atoms with Crippen molar-refractivity contribution in [1.29, 1.82) is 0 Å². The van der Waals surface area contributed by atoms with E-state index in [2.05, 4.69) is 16.0 Å². The van der Waals surface area contributed by atoms with E-state index in [9.17, 15) is 19.2 Å². The van der Waals surface area contributed by atoms with E-state index in [1.807, 2.05) is 13.8 Å². The Labute approximate surface area is 167 Å². The fraction of sp³-hybridized carbons (Fsp3) is 0.789. The van der Waals surface area contributed by atoms with Gasteiger partial charge >= 0.3 is 12.1 Å². The maximum Gasteiger partial charge on any atom is 0.408 e. The van der Waals surface area contributed by atoms with Crippen molar-refractivity contribution in [1.82, 2.24) is 16.0 Å². The van der Waals surface area contributed by atoms with E-state index in [1.54, 1.807) is 20.8 Å². The Morgan fingerprint density at radius 3 is 1.93 bits per heavy atom. The van der Waals surface area contributed by atoms with Crippen LogP contribution in [0.4, 0.5) is 4.79 Å². The summed E-state index contributed by atoms with van der Waals surface area (Å²) in [5.74, 6) is -1.80. The molecule has 0 aromatic heterocycles. The molecule has 0 fully saturated rings. The molecule has 0 spiro atoms. The standard InChI is InChI=1S/C19H35N3O6/c1-10-11(2)13(15(24)27-9)21-16(25)19(7,8)22-14(23)12(3)20-17(26)28-18(4,5)6/h11-13H,10H2,1-9H3,(H,20,26)(H,21,25)(H,22,23). The van der Waals surface area contributed by atoms with Crippen molar-refractivity contribution in [2.45, 2.75) is 85.0 Å². The van der Waals surface area contributed by atoms with Crippen LogP contribution in [0.15, 0.2) is 0 Å². The summed E-state index contributed by atoms with van der Waals surface area (Å²) in [6.07, 6.45) is -0.0797. The zero-order chi connectivity index (χ0) is 22.3. The normalized spacial score (nSPS) is 14.9. The maximum absolute atomic E-state index is 12.6. The highest BCUT2D eigenvalue weighted by Crippen LogP contribution is 2.12. The van der Waals surface area contributed by atoms with Gasteiger partial charge in [0.1, 0.15) is 23.2 Å². The quantitative estimate of drug-likeness (QED) is 0.530. The number of alkyl carbamates (subject to hydrolysis) is 1. The molecule has 9 heteroatoms. The average molecular weight is 402 g/mol. The Bertz CT molecular complexity index is 583. The number of methoxy groups -OCH3 is 1. The van der Waals surface area contributed by atoms with Gasteiger partial charge in [-0.15, -0.1) is 0 Å². The van der Waals surface area contributed by atoms with Gasteiger partial charge in [-0.1, -0.05) is 20.3 Å². The van der Waals surface area contributed by atoms with Crippen LogP contribution in [0.3, 0.4) is 0 Å². The molecule has 0 aliphatic heterocycles. The van der Waals surface area contributed by atoms with Crippen LogP contribution >= 0.6 is 0 Å². The van der Waals surface area contributed by atoms with Crippen LogP contribution in [-0.4, -0.2) is 54.2 Å². The molecule has 0 rings (SSSR count). The third-order valence-corrected chi connectivity index (χ3v) is 4.08. The minimum Gasteiger partial charge on any atom is -0.467 e. The number of esters is 1. The highest BCUT2D eigenvalue weighted by Gasteiger charge is 2.36. The van der Waals surface area contributed by atoms with Crippen LogP contribution in [0, 0.1) is 5.92 Å². The van der Waals surface area contributed by atoms with Gasteiger partial charge in [-0.3, -0.25) is 9.59 Å². The smallest absolute Gasteiger partial charge is 0.408 e. The first-order valence-electron chi connectivity index (χ1n) is 9.35. The molecular weight excluding hydrogens is 366 g/mol. The maximum atomic E-state index is 12.6. The van der Waals surface area contributed by atoms with Crippen molar-refractivity contribution in [3.63, 3.8) is 0 Å². The average Bonchev–Trinajstić information content (AvgIpc) is 2.55. The monoisotopic (exact) mass is 401 g/mol.